The average molecular weight is 325 g/mol. The second-order valence-corrected chi connectivity index (χ2v) is 6.05. The summed E-state index contributed by atoms with van der Waals surface area (Å²) in [4.78, 5) is 28.0. The van der Waals surface area contributed by atoms with Crippen LogP contribution in [0.1, 0.15) is 25.1 Å². The Kier molecular flexibility index (Phi) is 5.68. The van der Waals surface area contributed by atoms with E-state index in [1.54, 1.807) is 13.8 Å². The molecule has 2 N–H and O–H groups in total. The first-order valence-electron chi connectivity index (χ1n) is 7.99. The minimum Gasteiger partial charge on any atom is -0.347 e. The lowest BCUT2D eigenvalue weighted by Gasteiger charge is -2.13. The van der Waals surface area contributed by atoms with Crippen LogP contribution in [0, 0.1) is 19.8 Å². The molecule has 0 unspecified atom stereocenters. The summed E-state index contributed by atoms with van der Waals surface area (Å²) in [5.41, 5.74) is 4.04. The Balaban J connectivity index is 2.15. The zero-order valence-corrected chi connectivity index (χ0v) is 14.5. The molecular weight excluding hydrogens is 302 g/mol. The highest BCUT2D eigenvalue weighted by Gasteiger charge is 2.12. The van der Waals surface area contributed by atoms with Crippen molar-refractivity contribution >= 4 is 17.6 Å². The van der Waals surface area contributed by atoms with Crippen LogP contribution in [0.5, 0.6) is 0 Å². The number of nitrogens with zero attached hydrogens (tertiary/aromatic N) is 1. The van der Waals surface area contributed by atoms with Gasteiger partial charge in [0.15, 0.2) is 0 Å². The van der Waals surface area contributed by atoms with Crippen LogP contribution in [0.2, 0.25) is 0 Å². The summed E-state index contributed by atoms with van der Waals surface area (Å²) in [7, 11) is 0. The molecule has 0 fully saturated rings. The Hall–Kier alpha value is -2.69. The molecule has 2 aromatic rings. The molecule has 126 valence electrons. The number of nitrogens with one attached hydrogen (secondary N) is 2. The lowest BCUT2D eigenvalue weighted by atomic mass is 10.0. The standard InChI is InChI=1S/C19H23N3O2/c1-12(2)19(24)20-11-18(23)22-17-10-16(13(3)14(4)21-17)15-8-6-5-7-9-15/h5-10,12H,11H2,1-4H3,(H,20,24)(H,21,22,23). The molecule has 0 radical (unpaired) electrons. The Bertz CT molecular complexity index is 740. The topological polar surface area (TPSA) is 71.1 Å². The van der Waals surface area contributed by atoms with Crippen LogP contribution in [-0.2, 0) is 9.59 Å². The van der Waals surface area contributed by atoms with Crippen molar-refractivity contribution in [3.8, 4) is 11.1 Å². The molecule has 0 aliphatic rings. The van der Waals surface area contributed by atoms with Gasteiger partial charge >= 0.3 is 0 Å². The fraction of sp³-hybridized carbons (Fsp3) is 0.316. The number of carbonyl (C=O) groups is 2. The summed E-state index contributed by atoms with van der Waals surface area (Å²) < 4.78 is 0. The highest BCUT2D eigenvalue weighted by atomic mass is 16.2. The summed E-state index contributed by atoms with van der Waals surface area (Å²) in [6, 6.07) is 11.8. The molecular formula is C19H23N3O2. The maximum atomic E-state index is 12.0. The van der Waals surface area contributed by atoms with Crippen molar-refractivity contribution in [3.63, 3.8) is 0 Å². The molecule has 0 spiro atoms. The van der Waals surface area contributed by atoms with E-state index >= 15 is 0 Å². The number of pyridine rings is 1. The summed E-state index contributed by atoms with van der Waals surface area (Å²) in [6.07, 6.45) is 0. The SMILES string of the molecule is Cc1nc(NC(=O)CNC(=O)C(C)C)cc(-c2ccccc2)c1C. The van der Waals surface area contributed by atoms with E-state index in [1.807, 2.05) is 50.2 Å². The molecule has 0 aliphatic carbocycles. The second-order valence-electron chi connectivity index (χ2n) is 6.05. The van der Waals surface area contributed by atoms with E-state index in [0.717, 1.165) is 22.4 Å². The number of hydrogen-bond donors (Lipinski definition) is 2. The highest BCUT2D eigenvalue weighted by molar-refractivity contribution is 5.94. The maximum absolute atomic E-state index is 12.0. The van der Waals surface area contributed by atoms with Gasteiger partial charge in [-0.15, -0.1) is 0 Å². The maximum Gasteiger partial charge on any atom is 0.244 e. The van der Waals surface area contributed by atoms with Crippen LogP contribution in [0.25, 0.3) is 11.1 Å². The number of carbonyl (C=O) groups excluding carboxylic acids is 2. The zero-order chi connectivity index (χ0) is 17.7. The quantitative estimate of drug-likeness (QED) is 0.887. The Morgan fingerprint density at radius 2 is 1.79 bits per heavy atom. The van der Waals surface area contributed by atoms with E-state index in [-0.39, 0.29) is 24.3 Å². The molecule has 0 saturated heterocycles. The van der Waals surface area contributed by atoms with Crippen molar-refractivity contribution < 1.29 is 9.59 Å². The molecule has 2 amide bonds. The van der Waals surface area contributed by atoms with E-state index in [1.165, 1.54) is 0 Å². The van der Waals surface area contributed by atoms with Gasteiger partial charge in [0.25, 0.3) is 0 Å². The zero-order valence-electron chi connectivity index (χ0n) is 14.5. The molecule has 0 atom stereocenters. The third kappa shape index (κ3) is 4.41. The monoisotopic (exact) mass is 325 g/mol. The van der Waals surface area contributed by atoms with Crippen LogP contribution >= 0.6 is 0 Å². The van der Waals surface area contributed by atoms with E-state index in [4.69, 9.17) is 0 Å². The minimum atomic E-state index is -0.293. The van der Waals surface area contributed by atoms with Crippen molar-refractivity contribution in [1.29, 1.82) is 0 Å². The minimum absolute atomic E-state index is 0.0632. The van der Waals surface area contributed by atoms with Gasteiger partial charge in [-0.2, -0.15) is 0 Å². The van der Waals surface area contributed by atoms with Gasteiger partial charge in [-0.05, 0) is 36.6 Å². The Morgan fingerprint density at radius 3 is 2.42 bits per heavy atom. The molecule has 24 heavy (non-hydrogen) atoms. The normalized spacial score (nSPS) is 10.5. The number of aryl methyl sites for hydroxylation is 1. The van der Waals surface area contributed by atoms with Gasteiger partial charge in [0.1, 0.15) is 5.82 Å². The summed E-state index contributed by atoms with van der Waals surface area (Å²) in [6.45, 7) is 7.43. The van der Waals surface area contributed by atoms with Crippen molar-refractivity contribution in [1.82, 2.24) is 10.3 Å². The van der Waals surface area contributed by atoms with Crippen LogP contribution < -0.4 is 10.6 Å². The van der Waals surface area contributed by atoms with Gasteiger partial charge in [-0.3, -0.25) is 9.59 Å². The first kappa shape index (κ1) is 17.7. The molecule has 5 nitrogen and oxygen atoms in total. The van der Waals surface area contributed by atoms with Crippen LogP contribution in [0.4, 0.5) is 5.82 Å². The molecule has 0 saturated carbocycles. The lowest BCUT2D eigenvalue weighted by molar-refractivity contribution is -0.126. The van der Waals surface area contributed by atoms with Crippen LogP contribution in [0.15, 0.2) is 36.4 Å². The van der Waals surface area contributed by atoms with Crippen LogP contribution in [-0.4, -0.2) is 23.3 Å². The predicted molar refractivity (Wildman–Crippen MR) is 95.6 cm³/mol. The Labute approximate surface area is 142 Å². The highest BCUT2D eigenvalue weighted by Crippen LogP contribution is 2.27. The molecule has 1 aromatic heterocycles. The van der Waals surface area contributed by atoms with Crippen molar-refractivity contribution in [2.75, 3.05) is 11.9 Å². The second kappa shape index (κ2) is 7.73. The molecule has 0 bridgehead atoms. The number of aromatic nitrogens is 1. The fourth-order valence-electron chi connectivity index (χ4n) is 2.28. The number of amides is 2. The Morgan fingerprint density at radius 1 is 1.12 bits per heavy atom. The van der Waals surface area contributed by atoms with Gasteiger partial charge in [0.05, 0.1) is 6.54 Å². The summed E-state index contributed by atoms with van der Waals surface area (Å²) >= 11 is 0. The molecule has 1 heterocycles. The summed E-state index contributed by atoms with van der Waals surface area (Å²) in [5, 5.41) is 5.35. The number of benzene rings is 1. The van der Waals surface area contributed by atoms with E-state index in [0.29, 0.717) is 5.82 Å². The lowest BCUT2D eigenvalue weighted by Crippen LogP contribution is -2.35. The van der Waals surface area contributed by atoms with Crippen molar-refractivity contribution in [3.05, 3.63) is 47.7 Å². The van der Waals surface area contributed by atoms with E-state index in [9.17, 15) is 9.59 Å². The van der Waals surface area contributed by atoms with Crippen molar-refractivity contribution in [2.24, 2.45) is 5.92 Å². The van der Waals surface area contributed by atoms with Gasteiger partial charge < -0.3 is 10.6 Å². The first-order valence-corrected chi connectivity index (χ1v) is 7.99. The molecule has 5 heteroatoms. The van der Waals surface area contributed by atoms with E-state index < -0.39 is 0 Å². The molecule has 2 rings (SSSR count). The first-order chi connectivity index (χ1) is 11.4. The number of rotatable bonds is 5. The smallest absolute Gasteiger partial charge is 0.244 e. The summed E-state index contributed by atoms with van der Waals surface area (Å²) in [5.74, 6) is -0.107. The fourth-order valence-corrected chi connectivity index (χ4v) is 2.28. The molecule has 1 aromatic carbocycles. The van der Waals surface area contributed by atoms with Crippen LogP contribution in [0.3, 0.4) is 0 Å². The number of hydrogen-bond acceptors (Lipinski definition) is 3. The third-order valence-corrected chi connectivity index (χ3v) is 3.82. The average Bonchev–Trinajstić information content (AvgIpc) is 2.56. The number of anilines is 1. The van der Waals surface area contributed by atoms with E-state index in [2.05, 4.69) is 15.6 Å². The molecule has 0 aliphatic heterocycles. The van der Waals surface area contributed by atoms with Gasteiger partial charge in [-0.1, -0.05) is 44.2 Å². The third-order valence-electron chi connectivity index (χ3n) is 3.82. The predicted octanol–water partition coefficient (Wildman–Crippen LogP) is 3.08. The van der Waals surface area contributed by atoms with Crippen molar-refractivity contribution in [2.45, 2.75) is 27.7 Å². The van der Waals surface area contributed by atoms with Gasteiger partial charge in [-0.25, -0.2) is 4.98 Å². The van der Waals surface area contributed by atoms with Gasteiger partial charge in [0.2, 0.25) is 11.8 Å². The van der Waals surface area contributed by atoms with Gasteiger partial charge in [0, 0.05) is 11.6 Å². The largest absolute Gasteiger partial charge is 0.347 e.